The minimum Gasteiger partial charge on any atom is -0.382 e. The van der Waals surface area contributed by atoms with E-state index in [4.69, 9.17) is 10.7 Å². The number of nitrogens with one attached hydrogen (secondary N) is 1. The van der Waals surface area contributed by atoms with E-state index in [9.17, 15) is 4.79 Å². The highest BCUT2D eigenvalue weighted by molar-refractivity contribution is 5.97. The number of carbonyl (C=O) groups excluding carboxylic acids is 1. The molecular formula is C27H31N5O. The molecule has 0 bridgehead atoms. The minimum atomic E-state index is -0.0240. The predicted octanol–water partition coefficient (Wildman–Crippen LogP) is 4.55. The molecule has 170 valence electrons. The Balaban J connectivity index is 1.41. The molecule has 0 spiro atoms. The first kappa shape index (κ1) is 21.4. The van der Waals surface area contributed by atoms with Gasteiger partial charge in [-0.15, -0.1) is 0 Å². The van der Waals surface area contributed by atoms with E-state index < -0.39 is 0 Å². The Bertz CT molecular complexity index is 1170. The number of nitrogen functional groups attached to an aromatic ring is 1. The Morgan fingerprint density at radius 2 is 1.91 bits per heavy atom. The molecule has 1 fully saturated rings. The van der Waals surface area contributed by atoms with Gasteiger partial charge in [0, 0.05) is 42.0 Å². The summed E-state index contributed by atoms with van der Waals surface area (Å²) in [6.45, 7) is 7.54. The van der Waals surface area contributed by atoms with E-state index in [1.165, 1.54) is 18.5 Å². The van der Waals surface area contributed by atoms with E-state index in [0.29, 0.717) is 24.0 Å². The Labute approximate surface area is 195 Å². The summed E-state index contributed by atoms with van der Waals surface area (Å²) in [5.41, 5.74) is 12.6. The van der Waals surface area contributed by atoms with Gasteiger partial charge in [0.1, 0.15) is 11.5 Å². The van der Waals surface area contributed by atoms with Crippen LogP contribution in [0.1, 0.15) is 42.6 Å². The summed E-state index contributed by atoms with van der Waals surface area (Å²) < 4.78 is 0. The van der Waals surface area contributed by atoms with E-state index in [0.717, 1.165) is 53.4 Å². The average molecular weight is 442 g/mol. The third kappa shape index (κ3) is 4.30. The predicted molar refractivity (Wildman–Crippen MR) is 133 cm³/mol. The Morgan fingerprint density at radius 3 is 2.70 bits per heavy atom. The lowest BCUT2D eigenvalue weighted by atomic mass is 9.87. The minimum absolute atomic E-state index is 0.0240. The summed E-state index contributed by atoms with van der Waals surface area (Å²) >= 11 is 0. The number of hydrogen-bond acceptors (Lipinski definition) is 5. The third-order valence-corrected chi connectivity index (χ3v) is 7.03. The molecule has 0 radical (unpaired) electrons. The van der Waals surface area contributed by atoms with Crippen molar-refractivity contribution in [2.45, 2.75) is 33.1 Å². The zero-order valence-electron chi connectivity index (χ0n) is 19.3. The van der Waals surface area contributed by atoms with Gasteiger partial charge in [-0.2, -0.15) is 0 Å². The summed E-state index contributed by atoms with van der Waals surface area (Å²) in [5, 5.41) is 2.88. The van der Waals surface area contributed by atoms with Gasteiger partial charge in [0.05, 0.1) is 11.9 Å². The molecule has 6 heteroatoms. The molecule has 1 saturated heterocycles. The van der Waals surface area contributed by atoms with Crippen molar-refractivity contribution in [1.82, 2.24) is 15.3 Å². The molecule has 1 amide bonds. The highest BCUT2D eigenvalue weighted by Gasteiger charge is 2.23. The van der Waals surface area contributed by atoms with Gasteiger partial charge in [-0.05, 0) is 60.9 Å². The number of anilines is 2. The van der Waals surface area contributed by atoms with E-state index >= 15 is 0 Å². The topological polar surface area (TPSA) is 84.1 Å². The van der Waals surface area contributed by atoms with E-state index in [2.05, 4.69) is 53.3 Å². The summed E-state index contributed by atoms with van der Waals surface area (Å²) in [4.78, 5) is 23.8. The van der Waals surface area contributed by atoms with Crippen molar-refractivity contribution in [2.24, 2.45) is 11.8 Å². The van der Waals surface area contributed by atoms with Gasteiger partial charge in [-0.25, -0.2) is 9.97 Å². The largest absolute Gasteiger partial charge is 0.382 e. The lowest BCUT2D eigenvalue weighted by Gasteiger charge is -2.36. The van der Waals surface area contributed by atoms with Crippen molar-refractivity contribution in [2.75, 3.05) is 30.3 Å². The number of hydrogen-bond donors (Lipinski definition) is 2. The maximum absolute atomic E-state index is 12.1. The van der Waals surface area contributed by atoms with Gasteiger partial charge in [-0.1, -0.05) is 32.0 Å². The first-order chi connectivity index (χ1) is 16.0. The molecule has 1 aromatic heterocycles. The van der Waals surface area contributed by atoms with Gasteiger partial charge in [-0.3, -0.25) is 4.79 Å². The first-order valence-corrected chi connectivity index (χ1v) is 11.9. The van der Waals surface area contributed by atoms with Crippen LogP contribution in [0.3, 0.4) is 0 Å². The van der Waals surface area contributed by atoms with Crippen LogP contribution in [0.15, 0.2) is 48.7 Å². The van der Waals surface area contributed by atoms with E-state index in [1.807, 2.05) is 18.2 Å². The second-order valence-electron chi connectivity index (χ2n) is 9.51. The van der Waals surface area contributed by atoms with Crippen LogP contribution in [0.2, 0.25) is 0 Å². The highest BCUT2D eigenvalue weighted by Crippen LogP contribution is 2.31. The van der Waals surface area contributed by atoms with Gasteiger partial charge >= 0.3 is 0 Å². The molecule has 0 saturated carbocycles. The number of aromatic nitrogens is 2. The summed E-state index contributed by atoms with van der Waals surface area (Å²) in [7, 11) is 0. The maximum Gasteiger partial charge on any atom is 0.251 e. The van der Waals surface area contributed by atoms with Gasteiger partial charge in [0.25, 0.3) is 5.91 Å². The molecule has 6 nitrogen and oxygen atoms in total. The second-order valence-corrected chi connectivity index (χ2v) is 9.51. The fourth-order valence-corrected chi connectivity index (χ4v) is 4.96. The monoisotopic (exact) mass is 441 g/mol. The fraction of sp³-hybridized carbons (Fsp3) is 0.370. The Morgan fingerprint density at radius 1 is 1.12 bits per heavy atom. The van der Waals surface area contributed by atoms with Crippen molar-refractivity contribution >= 4 is 17.4 Å². The summed E-state index contributed by atoms with van der Waals surface area (Å²) in [6, 6.07) is 14.4. The van der Waals surface area contributed by atoms with Crippen molar-refractivity contribution in [1.29, 1.82) is 0 Å². The average Bonchev–Trinajstić information content (AvgIpc) is 2.84. The SMILES string of the molecule is CC(C)C1CCCN(c2ccc(-c3cnc(N)c(-c4ccc5c(c4)CCNC5=O)n3)cc2)C1. The normalized spacial score (nSPS) is 18.2. The lowest BCUT2D eigenvalue weighted by Crippen LogP contribution is -2.37. The van der Waals surface area contributed by atoms with Crippen LogP contribution in [0, 0.1) is 11.8 Å². The maximum atomic E-state index is 12.1. The van der Waals surface area contributed by atoms with Crippen molar-refractivity contribution < 1.29 is 4.79 Å². The zero-order chi connectivity index (χ0) is 22.9. The summed E-state index contributed by atoms with van der Waals surface area (Å²) in [5.74, 6) is 1.84. The van der Waals surface area contributed by atoms with Crippen LogP contribution in [-0.4, -0.2) is 35.5 Å². The number of carbonyl (C=O) groups is 1. The zero-order valence-corrected chi connectivity index (χ0v) is 19.3. The number of piperidine rings is 1. The Kier molecular flexibility index (Phi) is 5.75. The lowest BCUT2D eigenvalue weighted by molar-refractivity contribution is 0.0946. The molecule has 1 unspecified atom stereocenters. The van der Waals surface area contributed by atoms with Gasteiger partial charge in [0.15, 0.2) is 0 Å². The number of benzene rings is 2. The quantitative estimate of drug-likeness (QED) is 0.620. The van der Waals surface area contributed by atoms with E-state index in [-0.39, 0.29) is 5.91 Å². The van der Waals surface area contributed by atoms with Crippen molar-refractivity contribution in [3.05, 3.63) is 59.8 Å². The molecule has 3 N–H and O–H groups in total. The van der Waals surface area contributed by atoms with Crippen LogP contribution >= 0.6 is 0 Å². The fourth-order valence-electron chi connectivity index (χ4n) is 4.96. The van der Waals surface area contributed by atoms with Crippen molar-refractivity contribution in [3.8, 4) is 22.5 Å². The standard InChI is InChI=1S/C27H31N5O/c1-17(2)21-4-3-13-32(16-21)22-8-5-18(6-9-22)24-15-30-26(28)25(31-24)20-7-10-23-19(14-20)11-12-29-27(23)33/h5-10,14-15,17,21H,3-4,11-13,16H2,1-2H3,(H2,28,30)(H,29,33). The Hall–Kier alpha value is -3.41. The molecule has 33 heavy (non-hydrogen) atoms. The molecule has 3 aromatic rings. The first-order valence-electron chi connectivity index (χ1n) is 11.9. The molecule has 2 aromatic carbocycles. The highest BCUT2D eigenvalue weighted by atomic mass is 16.1. The molecule has 2 aliphatic rings. The molecular weight excluding hydrogens is 410 g/mol. The molecule has 1 atom stereocenters. The van der Waals surface area contributed by atoms with E-state index in [1.54, 1.807) is 6.20 Å². The molecule has 5 rings (SSSR count). The van der Waals surface area contributed by atoms with Gasteiger partial charge in [0.2, 0.25) is 0 Å². The van der Waals surface area contributed by atoms with Crippen LogP contribution in [0.4, 0.5) is 11.5 Å². The number of nitrogens with two attached hydrogens (primary N) is 1. The van der Waals surface area contributed by atoms with Crippen LogP contribution < -0.4 is 16.0 Å². The third-order valence-electron chi connectivity index (χ3n) is 7.03. The van der Waals surface area contributed by atoms with Crippen LogP contribution in [0.25, 0.3) is 22.5 Å². The van der Waals surface area contributed by atoms with Gasteiger partial charge < -0.3 is 16.0 Å². The summed E-state index contributed by atoms with van der Waals surface area (Å²) in [6.07, 6.45) is 5.11. The van der Waals surface area contributed by atoms with Crippen LogP contribution in [-0.2, 0) is 6.42 Å². The second kappa shape index (κ2) is 8.85. The number of fused-ring (bicyclic) bond motifs is 1. The molecule has 0 aliphatic carbocycles. The van der Waals surface area contributed by atoms with Crippen LogP contribution in [0.5, 0.6) is 0 Å². The van der Waals surface area contributed by atoms with Crippen molar-refractivity contribution in [3.63, 3.8) is 0 Å². The number of nitrogens with zero attached hydrogens (tertiary/aromatic N) is 3. The smallest absolute Gasteiger partial charge is 0.251 e. The molecule has 2 aliphatic heterocycles. The number of rotatable bonds is 4. The molecule has 3 heterocycles. The number of amides is 1.